The van der Waals surface area contributed by atoms with E-state index in [-0.39, 0.29) is 0 Å². The number of aromatic nitrogens is 1. The first kappa shape index (κ1) is 8.70. The van der Waals surface area contributed by atoms with Gasteiger partial charge in [0.2, 0.25) is 0 Å². The highest BCUT2D eigenvalue weighted by Crippen LogP contribution is 2.16. The van der Waals surface area contributed by atoms with Gasteiger partial charge < -0.3 is 0 Å². The fraction of sp³-hybridized carbons (Fsp3) is 0. The van der Waals surface area contributed by atoms with Gasteiger partial charge in [0.25, 0.3) is 0 Å². The Morgan fingerprint density at radius 3 is 2.43 bits per heavy atom. The number of hydrogen-bond acceptors (Lipinski definition) is 1. The third-order valence-corrected chi connectivity index (χ3v) is 2.05. The molecule has 0 spiro atoms. The van der Waals surface area contributed by atoms with Crippen LogP contribution in [0.3, 0.4) is 0 Å². The van der Waals surface area contributed by atoms with Gasteiger partial charge in [0, 0.05) is 5.56 Å². The molecular weight excluding hydrogens is 170 g/mol. The fourth-order valence-corrected chi connectivity index (χ4v) is 1.33. The second-order valence-electron chi connectivity index (χ2n) is 3.02. The molecule has 1 heterocycles. The molecule has 0 bridgehead atoms. The summed E-state index contributed by atoms with van der Waals surface area (Å²) in [7, 11) is 0. The Labute approximate surface area is 83.7 Å². The lowest BCUT2D eigenvalue weighted by Gasteiger charge is -2.00. The van der Waals surface area contributed by atoms with Crippen molar-refractivity contribution < 1.29 is 0 Å². The van der Waals surface area contributed by atoms with E-state index in [9.17, 15) is 0 Å². The molecule has 0 unspecified atom stereocenters. The van der Waals surface area contributed by atoms with Gasteiger partial charge in [0.05, 0.1) is 11.4 Å². The van der Waals surface area contributed by atoms with E-state index >= 15 is 0 Å². The number of rotatable bonds is 2. The summed E-state index contributed by atoms with van der Waals surface area (Å²) in [5, 5.41) is 0. The van der Waals surface area contributed by atoms with Crippen molar-refractivity contribution in [3.05, 3.63) is 60.8 Å². The summed E-state index contributed by atoms with van der Waals surface area (Å²) < 4.78 is 0. The molecule has 1 aromatic heterocycles. The molecule has 2 aromatic rings. The fourth-order valence-electron chi connectivity index (χ4n) is 1.33. The van der Waals surface area contributed by atoms with Crippen LogP contribution >= 0.6 is 0 Å². The van der Waals surface area contributed by atoms with E-state index in [1.54, 1.807) is 6.08 Å². The summed E-state index contributed by atoms with van der Waals surface area (Å²) in [6.45, 7) is 3.70. The smallest absolute Gasteiger partial charge is 0.0709 e. The lowest BCUT2D eigenvalue weighted by Crippen LogP contribution is -1.85. The Morgan fingerprint density at radius 2 is 1.71 bits per heavy atom. The Balaban J connectivity index is 2.47. The van der Waals surface area contributed by atoms with Crippen molar-refractivity contribution in [2.24, 2.45) is 0 Å². The van der Waals surface area contributed by atoms with Crippen LogP contribution < -0.4 is 0 Å². The van der Waals surface area contributed by atoms with Crippen molar-refractivity contribution in [3.8, 4) is 11.3 Å². The summed E-state index contributed by atoms with van der Waals surface area (Å²) >= 11 is 0. The third kappa shape index (κ3) is 1.72. The maximum atomic E-state index is 4.44. The molecule has 0 fully saturated rings. The minimum atomic E-state index is 0.909. The van der Waals surface area contributed by atoms with E-state index in [4.69, 9.17) is 0 Å². The standard InChI is InChI=1S/C13H11N/c1-2-12-9-6-10-13(14-12)11-7-4-3-5-8-11/h2-10H,1H2. The first-order chi connectivity index (χ1) is 6.90. The molecule has 0 atom stereocenters. The zero-order chi connectivity index (χ0) is 9.80. The van der Waals surface area contributed by atoms with Crippen molar-refractivity contribution >= 4 is 6.08 Å². The molecule has 1 nitrogen and oxygen atoms in total. The molecule has 0 saturated carbocycles. The highest BCUT2D eigenvalue weighted by Gasteiger charge is 1.97. The lowest BCUT2D eigenvalue weighted by atomic mass is 10.1. The second-order valence-corrected chi connectivity index (χ2v) is 3.02. The Bertz CT molecular complexity index is 432. The largest absolute Gasteiger partial charge is 0.248 e. The van der Waals surface area contributed by atoms with Gasteiger partial charge >= 0.3 is 0 Å². The highest BCUT2D eigenvalue weighted by molar-refractivity contribution is 5.60. The van der Waals surface area contributed by atoms with Gasteiger partial charge in [-0.1, -0.05) is 43.0 Å². The molecule has 0 amide bonds. The summed E-state index contributed by atoms with van der Waals surface area (Å²) in [4.78, 5) is 4.44. The van der Waals surface area contributed by atoms with Crippen LogP contribution in [0.5, 0.6) is 0 Å². The zero-order valence-electron chi connectivity index (χ0n) is 7.85. The van der Waals surface area contributed by atoms with Crippen molar-refractivity contribution in [2.75, 3.05) is 0 Å². The summed E-state index contributed by atoms with van der Waals surface area (Å²) in [5.74, 6) is 0. The zero-order valence-corrected chi connectivity index (χ0v) is 7.85. The van der Waals surface area contributed by atoms with Crippen molar-refractivity contribution in [3.63, 3.8) is 0 Å². The van der Waals surface area contributed by atoms with Gasteiger partial charge in [-0.25, -0.2) is 4.98 Å². The van der Waals surface area contributed by atoms with E-state index in [0.717, 1.165) is 17.0 Å². The maximum absolute atomic E-state index is 4.44. The van der Waals surface area contributed by atoms with E-state index in [2.05, 4.69) is 23.7 Å². The summed E-state index contributed by atoms with van der Waals surface area (Å²) in [6.07, 6.45) is 1.76. The van der Waals surface area contributed by atoms with E-state index in [1.165, 1.54) is 0 Å². The van der Waals surface area contributed by atoms with Gasteiger partial charge in [-0.3, -0.25) is 0 Å². The van der Waals surface area contributed by atoms with Crippen LogP contribution in [0.2, 0.25) is 0 Å². The van der Waals surface area contributed by atoms with E-state index < -0.39 is 0 Å². The second kappa shape index (κ2) is 3.88. The van der Waals surface area contributed by atoms with Crippen LogP contribution in [0.25, 0.3) is 17.3 Å². The van der Waals surface area contributed by atoms with Crippen LogP contribution in [-0.2, 0) is 0 Å². The predicted octanol–water partition coefficient (Wildman–Crippen LogP) is 3.39. The van der Waals surface area contributed by atoms with Crippen molar-refractivity contribution in [2.45, 2.75) is 0 Å². The number of pyridine rings is 1. The molecular formula is C13H11N. The molecule has 1 aromatic carbocycles. The maximum Gasteiger partial charge on any atom is 0.0709 e. The molecule has 0 saturated heterocycles. The first-order valence-corrected chi connectivity index (χ1v) is 4.55. The lowest BCUT2D eigenvalue weighted by molar-refractivity contribution is 1.30. The average Bonchev–Trinajstić information content (AvgIpc) is 2.30. The Hall–Kier alpha value is -1.89. The van der Waals surface area contributed by atoms with Gasteiger partial charge in [0.15, 0.2) is 0 Å². The average molecular weight is 181 g/mol. The Morgan fingerprint density at radius 1 is 0.929 bits per heavy atom. The summed E-state index contributed by atoms with van der Waals surface area (Å²) in [6, 6.07) is 16.1. The highest BCUT2D eigenvalue weighted by atomic mass is 14.7. The SMILES string of the molecule is C=Cc1cccc(-c2ccccc2)n1. The van der Waals surface area contributed by atoms with Crippen LogP contribution in [-0.4, -0.2) is 4.98 Å². The van der Waals surface area contributed by atoms with Crippen molar-refractivity contribution in [1.82, 2.24) is 4.98 Å². The number of benzene rings is 1. The molecule has 0 aliphatic rings. The minimum Gasteiger partial charge on any atom is -0.248 e. The molecule has 14 heavy (non-hydrogen) atoms. The summed E-state index contributed by atoms with van der Waals surface area (Å²) in [5.41, 5.74) is 3.03. The molecule has 0 radical (unpaired) electrons. The molecule has 68 valence electrons. The van der Waals surface area contributed by atoms with E-state index in [0.29, 0.717) is 0 Å². The first-order valence-electron chi connectivity index (χ1n) is 4.55. The molecule has 1 heteroatoms. The normalized spacial score (nSPS) is 9.71. The molecule has 0 N–H and O–H groups in total. The molecule has 0 aliphatic heterocycles. The van der Waals surface area contributed by atoms with Crippen molar-refractivity contribution in [1.29, 1.82) is 0 Å². The van der Waals surface area contributed by atoms with E-state index in [1.807, 2.05) is 36.4 Å². The minimum absolute atomic E-state index is 0.909. The monoisotopic (exact) mass is 181 g/mol. The van der Waals surface area contributed by atoms with Crippen LogP contribution in [0.15, 0.2) is 55.1 Å². The van der Waals surface area contributed by atoms with Crippen LogP contribution in [0, 0.1) is 0 Å². The van der Waals surface area contributed by atoms with Gasteiger partial charge in [0.1, 0.15) is 0 Å². The predicted molar refractivity (Wildman–Crippen MR) is 59.8 cm³/mol. The van der Waals surface area contributed by atoms with Crippen LogP contribution in [0.1, 0.15) is 5.69 Å². The Kier molecular flexibility index (Phi) is 2.41. The van der Waals surface area contributed by atoms with Gasteiger partial charge in [-0.15, -0.1) is 0 Å². The topological polar surface area (TPSA) is 12.9 Å². The number of nitrogens with zero attached hydrogens (tertiary/aromatic N) is 1. The van der Waals surface area contributed by atoms with Crippen LogP contribution in [0.4, 0.5) is 0 Å². The van der Waals surface area contributed by atoms with Gasteiger partial charge in [-0.05, 0) is 18.2 Å². The quantitative estimate of drug-likeness (QED) is 0.692. The molecule has 0 aliphatic carbocycles. The number of hydrogen-bond donors (Lipinski definition) is 0. The third-order valence-electron chi connectivity index (χ3n) is 2.05. The van der Waals surface area contributed by atoms with Gasteiger partial charge in [-0.2, -0.15) is 0 Å². The molecule has 2 rings (SSSR count).